The molecule has 0 N–H and O–H groups in total. The number of nitrogens with zero attached hydrogens (tertiary/aromatic N) is 3. The second-order valence-electron chi connectivity index (χ2n) is 11.0. The Kier molecular flexibility index (Phi) is 22.5. The van der Waals surface area contributed by atoms with E-state index >= 15 is 0 Å². The quantitative estimate of drug-likeness (QED) is 0.0826. The molecule has 2 heterocycles. The number of hydrogen-bond donors (Lipinski definition) is 0. The SMILES string of the molecule is CCCC[N+](CCCC)(CCCC)CCCC.C[n+]1ccn(C[C@H]2CCOC2)c1.O=S(=O)([O-])C(F)(F)F.O=S(=O)([O-])C(F)(F)F. The predicted molar refractivity (Wildman–Crippen MR) is 155 cm³/mol. The number of ether oxygens (including phenoxy) is 1. The van der Waals surface area contributed by atoms with Crippen molar-refractivity contribution < 1.29 is 66.1 Å². The van der Waals surface area contributed by atoms with E-state index in [1.807, 2.05) is 7.05 Å². The maximum Gasteiger partial charge on any atom is 0.485 e. The normalized spacial score (nSPS) is 15.7. The summed E-state index contributed by atoms with van der Waals surface area (Å²) in [6.07, 6.45) is 18.6. The van der Waals surface area contributed by atoms with Gasteiger partial charge in [0.25, 0.3) is 0 Å². The Hall–Kier alpha value is -1.47. The van der Waals surface area contributed by atoms with Crippen molar-refractivity contribution in [3.63, 3.8) is 0 Å². The van der Waals surface area contributed by atoms with Crippen molar-refractivity contribution >= 4 is 20.2 Å². The van der Waals surface area contributed by atoms with E-state index in [0.29, 0.717) is 0 Å². The van der Waals surface area contributed by atoms with Crippen molar-refractivity contribution in [2.45, 2.75) is 103 Å². The topological polar surface area (TPSA) is 132 Å². The van der Waals surface area contributed by atoms with Crippen LogP contribution in [0.5, 0.6) is 0 Å². The number of hydrogen-bond acceptors (Lipinski definition) is 7. The van der Waals surface area contributed by atoms with Crippen LogP contribution in [0.1, 0.15) is 85.5 Å². The molecule has 0 bridgehead atoms. The molecule has 0 saturated carbocycles. The van der Waals surface area contributed by atoms with Crippen LogP contribution in [-0.4, -0.2) is 85.4 Å². The minimum Gasteiger partial charge on any atom is -0.741 e. The summed E-state index contributed by atoms with van der Waals surface area (Å²) in [7, 11) is -10.1. The predicted octanol–water partition coefficient (Wildman–Crippen LogP) is 5.46. The first-order chi connectivity index (χ1) is 20.6. The molecule has 1 aromatic rings. The lowest BCUT2D eigenvalue weighted by Crippen LogP contribution is -2.50. The maximum atomic E-state index is 10.7. The standard InChI is InChI=1S/C16H36N.C9H15N2O.2CHF3O3S/c1-5-9-13-17(14-10-6-2,15-11-7-3)16-12-8-4;1-10-3-4-11(8-10)6-9-2-5-12-7-9;2*2-1(3,4)8(5,6)7/h5-16H2,1-4H3;3-4,8-9H,2,5-7H2,1H3;2*(H,5,6,7)/q2*+1;;/p-2/t;9-;;/m.1../s1. The van der Waals surface area contributed by atoms with Gasteiger partial charge in [0.15, 0.2) is 20.2 Å². The van der Waals surface area contributed by atoms with Crippen LogP contribution in [-0.2, 0) is 38.6 Å². The zero-order valence-corrected chi connectivity index (χ0v) is 28.5. The molecule has 0 amide bonds. The molecule has 1 atom stereocenters. The van der Waals surface area contributed by atoms with E-state index in [1.54, 1.807) is 0 Å². The molecule has 0 spiro atoms. The summed E-state index contributed by atoms with van der Waals surface area (Å²) < 4.78 is 129. The van der Waals surface area contributed by atoms with Gasteiger partial charge in [-0.1, -0.05) is 53.4 Å². The van der Waals surface area contributed by atoms with Crippen LogP contribution in [0.3, 0.4) is 0 Å². The molecule has 0 aliphatic carbocycles. The van der Waals surface area contributed by atoms with Crippen LogP contribution in [0, 0.1) is 5.92 Å². The number of unbranched alkanes of at least 4 members (excludes halogenated alkanes) is 4. The first kappa shape index (κ1) is 45.7. The highest BCUT2D eigenvalue weighted by Gasteiger charge is 2.37. The molecule has 18 heteroatoms. The van der Waals surface area contributed by atoms with Crippen molar-refractivity contribution in [1.29, 1.82) is 0 Å². The van der Waals surface area contributed by atoms with Crippen LogP contribution in [0.2, 0.25) is 0 Å². The summed E-state index contributed by atoms with van der Waals surface area (Å²) in [4.78, 5) is 0. The van der Waals surface area contributed by atoms with Crippen LogP contribution in [0.15, 0.2) is 18.7 Å². The largest absolute Gasteiger partial charge is 0.741 e. The molecule has 10 nitrogen and oxygen atoms in total. The van der Waals surface area contributed by atoms with Gasteiger partial charge in [0.05, 0.1) is 46.4 Å². The van der Waals surface area contributed by atoms with Gasteiger partial charge in [0.1, 0.15) is 12.4 Å². The monoisotopic (exact) mass is 707 g/mol. The van der Waals surface area contributed by atoms with Gasteiger partial charge >= 0.3 is 11.0 Å². The molecule has 1 aromatic heterocycles. The minimum absolute atomic E-state index is 0.720. The smallest absolute Gasteiger partial charge is 0.485 e. The molecule has 270 valence electrons. The van der Waals surface area contributed by atoms with Crippen molar-refractivity contribution in [2.24, 2.45) is 13.0 Å². The summed E-state index contributed by atoms with van der Waals surface area (Å²) in [5.74, 6) is 0.720. The zero-order valence-electron chi connectivity index (χ0n) is 26.9. The first-order valence-electron chi connectivity index (χ1n) is 15.1. The fourth-order valence-electron chi connectivity index (χ4n) is 4.28. The Morgan fingerprint density at radius 3 is 1.38 bits per heavy atom. The molecule has 0 unspecified atom stereocenters. The third kappa shape index (κ3) is 21.9. The van der Waals surface area contributed by atoms with Crippen molar-refractivity contribution in [3.05, 3.63) is 18.7 Å². The first-order valence-corrected chi connectivity index (χ1v) is 17.9. The third-order valence-corrected chi connectivity index (χ3v) is 7.96. The summed E-state index contributed by atoms with van der Waals surface area (Å²) in [6.45, 7) is 18.0. The van der Waals surface area contributed by atoms with Gasteiger partial charge in [-0.2, -0.15) is 26.3 Å². The van der Waals surface area contributed by atoms with E-state index in [1.165, 1.54) is 88.4 Å². The number of aryl methyl sites for hydroxylation is 1. The molecule has 0 aromatic carbocycles. The van der Waals surface area contributed by atoms with Gasteiger partial charge in [-0.25, -0.2) is 26.0 Å². The lowest BCUT2D eigenvalue weighted by Gasteiger charge is -2.39. The van der Waals surface area contributed by atoms with Gasteiger partial charge < -0.3 is 18.3 Å². The van der Waals surface area contributed by atoms with Gasteiger partial charge in [0.2, 0.25) is 6.33 Å². The number of quaternary nitrogens is 1. The van der Waals surface area contributed by atoms with Crippen molar-refractivity contribution in [3.8, 4) is 0 Å². The highest BCUT2D eigenvalue weighted by molar-refractivity contribution is 7.86. The number of alkyl halides is 6. The Bertz CT molecular complexity index is 1030. The Morgan fingerprint density at radius 2 is 1.16 bits per heavy atom. The molecule has 1 fully saturated rings. The minimum atomic E-state index is -6.09. The van der Waals surface area contributed by atoms with E-state index in [0.717, 1.165) is 25.7 Å². The summed E-state index contributed by atoms with van der Waals surface area (Å²) in [5, 5.41) is 0. The Morgan fingerprint density at radius 1 is 0.800 bits per heavy atom. The van der Waals surface area contributed by atoms with Gasteiger partial charge in [-0.3, -0.25) is 0 Å². The van der Waals surface area contributed by atoms with Crippen molar-refractivity contribution in [1.82, 2.24) is 4.57 Å². The second kappa shape index (κ2) is 22.2. The van der Waals surface area contributed by atoms with Crippen LogP contribution in [0.25, 0.3) is 0 Å². The van der Waals surface area contributed by atoms with E-state index in [9.17, 15) is 26.3 Å². The molecule has 1 aliphatic rings. The van der Waals surface area contributed by atoms with E-state index in [-0.39, 0.29) is 0 Å². The lowest BCUT2D eigenvalue weighted by molar-refractivity contribution is -0.929. The number of halogens is 6. The van der Waals surface area contributed by atoms with Crippen LogP contribution >= 0.6 is 0 Å². The molecule has 0 radical (unpaired) electrons. The molecule has 1 saturated heterocycles. The lowest BCUT2D eigenvalue weighted by atomic mass is 10.1. The second-order valence-corrected chi connectivity index (χ2v) is 13.7. The number of imidazole rings is 1. The Balaban J connectivity index is 0. The van der Waals surface area contributed by atoms with Crippen LogP contribution in [0.4, 0.5) is 26.3 Å². The average molecular weight is 708 g/mol. The van der Waals surface area contributed by atoms with E-state index in [4.69, 9.17) is 30.7 Å². The fourth-order valence-corrected chi connectivity index (χ4v) is 4.28. The van der Waals surface area contributed by atoms with Gasteiger partial charge in [0, 0.05) is 12.5 Å². The number of rotatable bonds is 14. The molecule has 45 heavy (non-hydrogen) atoms. The maximum absolute atomic E-state index is 10.7. The molecular formula is C27H51F6N3O7S2. The summed E-state index contributed by atoms with van der Waals surface area (Å²) >= 11 is 0. The summed E-state index contributed by atoms with van der Waals surface area (Å²) in [5.41, 5.74) is -11.3. The molecule has 2 rings (SSSR count). The fraction of sp³-hybridized carbons (Fsp3) is 0.889. The highest BCUT2D eigenvalue weighted by Crippen LogP contribution is 2.21. The van der Waals surface area contributed by atoms with Crippen LogP contribution < -0.4 is 4.57 Å². The molecular weight excluding hydrogens is 656 g/mol. The van der Waals surface area contributed by atoms with Gasteiger partial charge in [-0.05, 0) is 32.1 Å². The van der Waals surface area contributed by atoms with Gasteiger partial charge in [-0.15, -0.1) is 0 Å². The number of aromatic nitrogens is 2. The Labute approximate surface area is 264 Å². The summed E-state index contributed by atoms with van der Waals surface area (Å²) in [6, 6.07) is 0. The average Bonchev–Trinajstić information content (AvgIpc) is 3.58. The van der Waals surface area contributed by atoms with E-state index in [2.05, 4.69) is 55.6 Å². The zero-order chi connectivity index (χ0) is 35.4. The van der Waals surface area contributed by atoms with E-state index < -0.39 is 31.3 Å². The third-order valence-electron chi connectivity index (χ3n) is 6.83. The van der Waals surface area contributed by atoms with Crippen molar-refractivity contribution in [2.75, 3.05) is 39.4 Å². The highest BCUT2D eigenvalue weighted by atomic mass is 32.2. The molecule has 1 aliphatic heterocycles.